The van der Waals surface area contributed by atoms with Gasteiger partial charge in [-0.1, -0.05) is 12.1 Å². The molecule has 0 aliphatic carbocycles. The highest BCUT2D eigenvalue weighted by Gasteiger charge is 2.26. The largest absolute Gasteiger partial charge is 1.00 e. The molecule has 0 radical (unpaired) electrons. The molecule has 0 aromatic carbocycles. The minimum atomic E-state index is 0. The van der Waals surface area contributed by atoms with Crippen LogP contribution in [0, 0.1) is 0 Å². The molecular formula is C16H20INS2. The van der Waals surface area contributed by atoms with Crippen molar-refractivity contribution in [3.63, 3.8) is 0 Å². The first-order valence-electron chi connectivity index (χ1n) is 6.77. The van der Waals surface area contributed by atoms with E-state index in [1.54, 1.807) is 5.57 Å². The van der Waals surface area contributed by atoms with Crippen LogP contribution in [0.15, 0.2) is 40.6 Å². The van der Waals surface area contributed by atoms with E-state index in [9.17, 15) is 0 Å². The third kappa shape index (κ3) is 3.53. The molecule has 0 bridgehead atoms. The summed E-state index contributed by atoms with van der Waals surface area (Å²) in [5.74, 6) is 0. The van der Waals surface area contributed by atoms with Crippen LogP contribution >= 0.6 is 22.7 Å². The average Bonchev–Trinajstić information content (AvgIpc) is 3.01. The van der Waals surface area contributed by atoms with Crippen molar-refractivity contribution in [1.82, 2.24) is 0 Å². The first-order chi connectivity index (χ1) is 9.16. The molecule has 20 heavy (non-hydrogen) atoms. The average molecular weight is 417 g/mol. The van der Waals surface area contributed by atoms with Crippen molar-refractivity contribution in [1.29, 1.82) is 0 Å². The summed E-state index contributed by atoms with van der Waals surface area (Å²) in [4.78, 5) is 2.86. The highest BCUT2D eigenvalue weighted by molar-refractivity contribution is 7.13. The summed E-state index contributed by atoms with van der Waals surface area (Å²) in [5, 5.41) is 4.37. The van der Waals surface area contributed by atoms with Crippen molar-refractivity contribution in [3.05, 3.63) is 50.4 Å². The van der Waals surface area contributed by atoms with Crippen LogP contribution in [0.5, 0.6) is 0 Å². The molecule has 3 heterocycles. The van der Waals surface area contributed by atoms with Crippen molar-refractivity contribution >= 4 is 28.2 Å². The van der Waals surface area contributed by atoms with Crippen LogP contribution in [0.25, 0.3) is 5.57 Å². The van der Waals surface area contributed by atoms with E-state index in [1.807, 2.05) is 22.7 Å². The Bertz CT molecular complexity index is 531. The van der Waals surface area contributed by atoms with E-state index in [2.05, 4.69) is 49.1 Å². The predicted molar refractivity (Wildman–Crippen MR) is 85.7 cm³/mol. The molecular weight excluding hydrogens is 397 g/mol. The van der Waals surface area contributed by atoms with Crippen LogP contribution in [0.4, 0.5) is 0 Å². The maximum absolute atomic E-state index is 2.35. The van der Waals surface area contributed by atoms with E-state index in [1.165, 1.54) is 41.3 Å². The number of halogens is 1. The molecule has 0 spiro atoms. The summed E-state index contributed by atoms with van der Waals surface area (Å²) >= 11 is 3.73. The van der Waals surface area contributed by atoms with Gasteiger partial charge < -0.3 is 28.5 Å². The molecule has 0 atom stereocenters. The van der Waals surface area contributed by atoms with E-state index >= 15 is 0 Å². The van der Waals surface area contributed by atoms with Crippen molar-refractivity contribution in [3.8, 4) is 0 Å². The fourth-order valence-corrected chi connectivity index (χ4v) is 4.64. The molecule has 1 aliphatic heterocycles. The third-order valence-electron chi connectivity index (χ3n) is 3.75. The number of thiophene rings is 2. The molecule has 2 aromatic rings. The van der Waals surface area contributed by atoms with Gasteiger partial charge in [-0.05, 0) is 34.9 Å². The molecule has 1 aliphatic rings. The Morgan fingerprint density at radius 2 is 1.65 bits per heavy atom. The SMILES string of the molecule is C[N+]1(C)CCCC(=C(c2cccs2)c2cccs2)C1.[I-]. The summed E-state index contributed by atoms with van der Waals surface area (Å²) in [6.45, 7) is 2.48. The number of piperidine rings is 1. The predicted octanol–water partition coefficient (Wildman–Crippen LogP) is 1.49. The maximum Gasteiger partial charge on any atom is 0.101 e. The molecule has 1 fully saturated rings. The zero-order chi connectivity index (χ0) is 13.3. The lowest BCUT2D eigenvalue weighted by molar-refractivity contribution is -0.889. The number of nitrogens with zero attached hydrogens (tertiary/aromatic N) is 1. The van der Waals surface area contributed by atoms with E-state index in [-0.39, 0.29) is 24.0 Å². The number of rotatable bonds is 2. The monoisotopic (exact) mass is 417 g/mol. The van der Waals surface area contributed by atoms with Crippen molar-refractivity contribution in [2.45, 2.75) is 12.8 Å². The number of hydrogen-bond acceptors (Lipinski definition) is 2. The highest BCUT2D eigenvalue weighted by atomic mass is 127. The van der Waals surface area contributed by atoms with Gasteiger partial charge >= 0.3 is 0 Å². The lowest BCUT2D eigenvalue weighted by Crippen LogP contribution is -3.00. The standard InChI is InChI=1S/C16H20NS2.HI/c1-17(2)9-3-6-13(12-17)16(14-7-4-10-18-14)15-8-5-11-19-15;/h4-5,7-8,10-11H,3,6,9,12H2,1-2H3;1H/q+1;/p-1. The van der Waals surface area contributed by atoms with Gasteiger partial charge in [-0.25, -0.2) is 0 Å². The van der Waals surface area contributed by atoms with Gasteiger partial charge in [-0.2, -0.15) is 0 Å². The quantitative estimate of drug-likeness (QED) is 0.513. The van der Waals surface area contributed by atoms with E-state index in [4.69, 9.17) is 0 Å². The Labute approximate surface area is 146 Å². The molecule has 3 rings (SSSR count). The lowest BCUT2D eigenvalue weighted by atomic mass is 9.96. The minimum absolute atomic E-state index is 0. The highest BCUT2D eigenvalue weighted by Crippen LogP contribution is 2.36. The smallest absolute Gasteiger partial charge is 0.101 e. The van der Waals surface area contributed by atoms with Crippen molar-refractivity contribution < 1.29 is 28.5 Å². The van der Waals surface area contributed by atoms with Crippen LogP contribution < -0.4 is 24.0 Å². The Balaban J connectivity index is 0.00000147. The Morgan fingerprint density at radius 1 is 1.05 bits per heavy atom. The molecule has 1 nitrogen and oxygen atoms in total. The normalized spacial score (nSPS) is 17.6. The van der Waals surface area contributed by atoms with Crippen LogP contribution in [0.1, 0.15) is 22.6 Å². The maximum atomic E-state index is 2.35. The van der Waals surface area contributed by atoms with Crippen LogP contribution in [-0.4, -0.2) is 31.7 Å². The van der Waals surface area contributed by atoms with Gasteiger partial charge in [0.15, 0.2) is 0 Å². The second kappa shape index (κ2) is 6.73. The summed E-state index contributed by atoms with van der Waals surface area (Å²) in [6.07, 6.45) is 2.56. The summed E-state index contributed by atoms with van der Waals surface area (Å²) in [6, 6.07) is 8.86. The zero-order valence-corrected chi connectivity index (χ0v) is 15.7. The number of likely N-dealkylation sites (tertiary alicyclic amines) is 1. The van der Waals surface area contributed by atoms with E-state index < -0.39 is 0 Å². The second-order valence-electron chi connectivity index (χ2n) is 5.85. The third-order valence-corrected chi connectivity index (χ3v) is 5.52. The first-order valence-corrected chi connectivity index (χ1v) is 8.53. The molecule has 0 N–H and O–H groups in total. The van der Waals surface area contributed by atoms with Crippen molar-refractivity contribution in [2.75, 3.05) is 27.2 Å². The van der Waals surface area contributed by atoms with E-state index in [0.717, 1.165) is 4.48 Å². The summed E-state index contributed by atoms with van der Waals surface area (Å²) < 4.78 is 1.12. The van der Waals surface area contributed by atoms with Crippen LogP contribution in [-0.2, 0) is 0 Å². The van der Waals surface area contributed by atoms with E-state index in [0.29, 0.717) is 0 Å². The molecule has 2 aromatic heterocycles. The second-order valence-corrected chi connectivity index (χ2v) is 7.75. The number of hydrogen-bond donors (Lipinski definition) is 0. The number of likely N-dealkylation sites (N-methyl/N-ethyl adjacent to an activating group) is 1. The minimum Gasteiger partial charge on any atom is -1.00 e. The summed E-state index contributed by atoms with van der Waals surface area (Å²) in [7, 11) is 4.69. The Kier molecular flexibility index (Phi) is 5.45. The molecule has 4 heteroatoms. The lowest BCUT2D eigenvalue weighted by Gasteiger charge is -2.35. The van der Waals surface area contributed by atoms with Gasteiger partial charge in [-0.3, -0.25) is 0 Å². The molecule has 0 unspecified atom stereocenters. The van der Waals surface area contributed by atoms with Gasteiger partial charge in [0, 0.05) is 21.7 Å². The van der Waals surface area contributed by atoms with Crippen LogP contribution in [0.2, 0.25) is 0 Å². The van der Waals surface area contributed by atoms with Gasteiger partial charge in [0.1, 0.15) is 6.54 Å². The van der Waals surface area contributed by atoms with Crippen LogP contribution in [0.3, 0.4) is 0 Å². The van der Waals surface area contributed by atoms with Gasteiger partial charge in [0.05, 0.1) is 20.6 Å². The first kappa shape index (κ1) is 16.2. The van der Waals surface area contributed by atoms with Gasteiger partial charge in [-0.15, -0.1) is 22.7 Å². The van der Waals surface area contributed by atoms with Gasteiger partial charge in [0.2, 0.25) is 0 Å². The molecule has 0 saturated carbocycles. The molecule has 0 amide bonds. The molecule has 1 saturated heterocycles. The zero-order valence-electron chi connectivity index (χ0n) is 11.9. The fraction of sp³-hybridized carbons (Fsp3) is 0.375. The van der Waals surface area contributed by atoms with Crippen molar-refractivity contribution in [2.24, 2.45) is 0 Å². The summed E-state index contributed by atoms with van der Waals surface area (Å²) in [5.41, 5.74) is 3.15. The Morgan fingerprint density at radius 3 is 2.10 bits per heavy atom. The topological polar surface area (TPSA) is 0 Å². The Hall–Kier alpha value is -0.170. The van der Waals surface area contributed by atoms with Gasteiger partial charge in [0.25, 0.3) is 0 Å². The molecule has 108 valence electrons. The number of quaternary nitrogens is 1. The fourth-order valence-electron chi connectivity index (χ4n) is 2.91.